The summed E-state index contributed by atoms with van der Waals surface area (Å²) >= 11 is 0. The van der Waals surface area contributed by atoms with E-state index in [0.717, 1.165) is 24.0 Å². The van der Waals surface area contributed by atoms with Crippen LogP contribution in [0.3, 0.4) is 0 Å². The zero-order valence-electron chi connectivity index (χ0n) is 19.6. The summed E-state index contributed by atoms with van der Waals surface area (Å²) in [6, 6.07) is 26.1. The Hall–Kier alpha value is -3.82. The maximum Gasteiger partial charge on any atom is 0.0321 e. The Balaban J connectivity index is 1.84. The van der Waals surface area contributed by atoms with Crippen LogP contribution in [-0.4, -0.2) is 0 Å². The van der Waals surface area contributed by atoms with Crippen molar-refractivity contribution in [2.24, 2.45) is 0 Å². The number of rotatable bonds is 3. The van der Waals surface area contributed by atoms with Crippen LogP contribution in [0.25, 0.3) is 45.5 Å². The number of aryl methyl sites for hydroxylation is 2. The molecule has 0 atom stereocenters. The summed E-state index contributed by atoms with van der Waals surface area (Å²) in [7, 11) is 0. The first kappa shape index (κ1) is 21.0. The fourth-order valence-corrected chi connectivity index (χ4v) is 5.13. The second kappa shape index (κ2) is 8.61. The molecular weight excluding hydrogens is 396 g/mol. The minimum atomic E-state index is 0.935. The average molecular weight is 425 g/mol. The highest BCUT2D eigenvalue weighted by Crippen LogP contribution is 2.34. The monoisotopic (exact) mass is 424 g/mol. The van der Waals surface area contributed by atoms with Crippen molar-refractivity contribution < 1.29 is 0 Å². The van der Waals surface area contributed by atoms with Gasteiger partial charge in [0, 0.05) is 5.56 Å². The van der Waals surface area contributed by atoms with E-state index in [2.05, 4.69) is 112 Å². The molecule has 0 nitrogen and oxygen atoms in total. The molecule has 0 saturated heterocycles. The van der Waals surface area contributed by atoms with Gasteiger partial charge in [-0.15, -0.1) is 6.42 Å². The molecule has 0 heterocycles. The quantitative estimate of drug-likeness (QED) is 0.312. The largest absolute Gasteiger partial charge is 0.115 e. The van der Waals surface area contributed by atoms with Crippen molar-refractivity contribution in [1.82, 2.24) is 0 Å². The summed E-state index contributed by atoms with van der Waals surface area (Å²) in [6.45, 7) is 6.61. The van der Waals surface area contributed by atoms with Crippen molar-refractivity contribution in [3.8, 4) is 45.7 Å². The Kier molecular flexibility index (Phi) is 5.49. The van der Waals surface area contributed by atoms with Crippen molar-refractivity contribution >= 4 is 12.2 Å². The van der Waals surface area contributed by atoms with Gasteiger partial charge in [0.15, 0.2) is 0 Å². The molecule has 0 radical (unpaired) electrons. The maximum atomic E-state index is 5.92. The standard InChI is InChI=1S/C33H28/c1-5-25-18-19-27(21-32(25)29-16-10-7-13-23(29)3)33-24(4)31(28-15-9-6-12-22(28)2)20-26-14-8-11-17-30(26)33/h1,6-7,9-10,12-21H,8,11H2,2-4H3. The third kappa shape index (κ3) is 3.71. The van der Waals surface area contributed by atoms with E-state index < -0.39 is 0 Å². The fraction of sp³-hybridized carbons (Fsp3) is 0.152. The number of fused-ring (bicyclic) bond motifs is 1. The minimum Gasteiger partial charge on any atom is -0.115 e. The smallest absolute Gasteiger partial charge is 0.0321 e. The molecule has 4 aromatic rings. The second-order valence-electron chi connectivity index (χ2n) is 8.95. The van der Waals surface area contributed by atoms with Gasteiger partial charge in [-0.2, -0.15) is 0 Å². The van der Waals surface area contributed by atoms with Crippen LogP contribution in [0.1, 0.15) is 35.1 Å². The van der Waals surface area contributed by atoms with Gasteiger partial charge in [-0.1, -0.05) is 72.7 Å². The van der Waals surface area contributed by atoms with Crippen molar-refractivity contribution in [3.05, 3.63) is 105 Å². The Morgan fingerprint density at radius 1 is 0.667 bits per heavy atom. The summed E-state index contributed by atoms with van der Waals surface area (Å²) in [4.78, 5) is 0. The van der Waals surface area contributed by atoms with E-state index >= 15 is 0 Å². The molecule has 0 fully saturated rings. The fourth-order valence-electron chi connectivity index (χ4n) is 5.13. The number of terminal acetylenes is 1. The molecule has 1 aliphatic carbocycles. The van der Waals surface area contributed by atoms with Crippen LogP contribution in [0, 0.1) is 33.1 Å². The lowest BCUT2D eigenvalue weighted by Gasteiger charge is -2.19. The van der Waals surface area contributed by atoms with Crippen LogP contribution in [0.4, 0.5) is 0 Å². The van der Waals surface area contributed by atoms with Crippen LogP contribution >= 0.6 is 0 Å². The van der Waals surface area contributed by atoms with E-state index in [9.17, 15) is 0 Å². The third-order valence-corrected chi connectivity index (χ3v) is 6.87. The second-order valence-corrected chi connectivity index (χ2v) is 8.95. The molecule has 0 aromatic heterocycles. The van der Waals surface area contributed by atoms with Gasteiger partial charge in [-0.3, -0.25) is 0 Å². The lowest BCUT2D eigenvalue weighted by molar-refractivity contribution is 1.11. The molecule has 0 unspecified atom stereocenters. The Labute approximate surface area is 197 Å². The highest BCUT2D eigenvalue weighted by Gasteiger charge is 2.16. The number of hydrogen-bond acceptors (Lipinski definition) is 0. The summed E-state index contributed by atoms with van der Waals surface area (Å²) in [6.07, 6.45) is 12.9. The summed E-state index contributed by atoms with van der Waals surface area (Å²) in [5.74, 6) is 2.91. The SMILES string of the molecule is C#Cc1ccc(-c2c(C)c(-c3ccccc3C)cc3c2=CCCC=3)cc1-c1ccccc1C. The molecule has 0 aliphatic heterocycles. The van der Waals surface area contributed by atoms with E-state index in [-0.39, 0.29) is 0 Å². The summed E-state index contributed by atoms with van der Waals surface area (Å²) < 4.78 is 0. The van der Waals surface area contributed by atoms with Crippen molar-refractivity contribution in [1.29, 1.82) is 0 Å². The number of hydrogen-bond donors (Lipinski definition) is 0. The van der Waals surface area contributed by atoms with Gasteiger partial charge < -0.3 is 0 Å². The first-order chi connectivity index (χ1) is 16.1. The Morgan fingerprint density at radius 2 is 1.30 bits per heavy atom. The average Bonchev–Trinajstić information content (AvgIpc) is 2.84. The molecular formula is C33H28. The molecule has 5 rings (SSSR count). The first-order valence-electron chi connectivity index (χ1n) is 11.7. The molecule has 0 saturated carbocycles. The highest BCUT2D eigenvalue weighted by molar-refractivity contribution is 5.85. The number of benzene rings is 4. The maximum absolute atomic E-state index is 5.92. The zero-order valence-corrected chi connectivity index (χ0v) is 19.6. The van der Waals surface area contributed by atoms with Gasteiger partial charge in [-0.25, -0.2) is 0 Å². The van der Waals surface area contributed by atoms with Gasteiger partial charge in [-0.05, 0) is 112 Å². The van der Waals surface area contributed by atoms with Gasteiger partial charge in [0.05, 0.1) is 0 Å². The molecule has 4 aromatic carbocycles. The van der Waals surface area contributed by atoms with E-state index in [0.29, 0.717) is 0 Å². The zero-order chi connectivity index (χ0) is 22.9. The lowest BCUT2D eigenvalue weighted by atomic mass is 9.85. The summed E-state index contributed by atoms with van der Waals surface area (Å²) in [5, 5.41) is 2.68. The first-order valence-corrected chi connectivity index (χ1v) is 11.7. The van der Waals surface area contributed by atoms with E-state index in [1.807, 2.05) is 0 Å². The van der Waals surface area contributed by atoms with Crippen molar-refractivity contribution in [2.75, 3.05) is 0 Å². The molecule has 0 bridgehead atoms. The molecule has 0 spiro atoms. The van der Waals surface area contributed by atoms with Gasteiger partial charge in [0.1, 0.15) is 0 Å². The molecule has 0 amide bonds. The highest BCUT2D eigenvalue weighted by atomic mass is 14.2. The van der Waals surface area contributed by atoms with Crippen LogP contribution in [-0.2, 0) is 0 Å². The van der Waals surface area contributed by atoms with Crippen LogP contribution in [0.2, 0.25) is 0 Å². The predicted octanol–water partition coefficient (Wildman–Crippen LogP) is 6.95. The molecule has 0 heteroatoms. The lowest BCUT2D eigenvalue weighted by Crippen LogP contribution is -2.30. The molecule has 33 heavy (non-hydrogen) atoms. The molecule has 0 N–H and O–H groups in total. The summed E-state index contributed by atoms with van der Waals surface area (Å²) in [5.41, 5.74) is 12.3. The van der Waals surface area contributed by atoms with Crippen molar-refractivity contribution in [3.63, 3.8) is 0 Å². The Morgan fingerprint density at radius 3 is 1.97 bits per heavy atom. The normalized spacial score (nSPS) is 12.3. The minimum absolute atomic E-state index is 0.935. The molecule has 160 valence electrons. The van der Waals surface area contributed by atoms with Crippen LogP contribution in [0.15, 0.2) is 72.8 Å². The topological polar surface area (TPSA) is 0 Å². The van der Waals surface area contributed by atoms with E-state index in [1.54, 1.807) is 0 Å². The van der Waals surface area contributed by atoms with Gasteiger partial charge in [0.25, 0.3) is 0 Å². The van der Waals surface area contributed by atoms with Crippen LogP contribution < -0.4 is 10.4 Å². The molecule has 1 aliphatic rings. The van der Waals surface area contributed by atoms with Gasteiger partial charge in [0.2, 0.25) is 0 Å². The Bertz CT molecular complexity index is 1540. The third-order valence-electron chi connectivity index (χ3n) is 6.87. The van der Waals surface area contributed by atoms with E-state index in [1.165, 1.54) is 54.9 Å². The van der Waals surface area contributed by atoms with Crippen LogP contribution in [0.5, 0.6) is 0 Å². The van der Waals surface area contributed by atoms with E-state index in [4.69, 9.17) is 6.42 Å². The predicted molar refractivity (Wildman–Crippen MR) is 142 cm³/mol. The van der Waals surface area contributed by atoms with Crippen molar-refractivity contribution in [2.45, 2.75) is 33.6 Å². The van der Waals surface area contributed by atoms with Gasteiger partial charge >= 0.3 is 0 Å².